The third-order valence-corrected chi connectivity index (χ3v) is 4.38. The van der Waals surface area contributed by atoms with Crippen molar-refractivity contribution in [3.8, 4) is 5.88 Å². The molecular formula is C20H24N2O4. The molecule has 2 aromatic rings. The molecule has 0 aliphatic heterocycles. The lowest BCUT2D eigenvalue weighted by Gasteiger charge is -2.25. The third-order valence-electron chi connectivity index (χ3n) is 4.38. The first kappa shape index (κ1) is 19.4. The number of carboxylic acid groups (broad SMARTS) is 1. The monoisotopic (exact) mass is 356 g/mol. The molecule has 1 aromatic carbocycles. The molecule has 26 heavy (non-hydrogen) atoms. The lowest BCUT2D eigenvalue weighted by Crippen LogP contribution is -2.44. The van der Waals surface area contributed by atoms with Crippen LogP contribution in [0.2, 0.25) is 0 Å². The van der Waals surface area contributed by atoms with Crippen LogP contribution in [-0.4, -0.2) is 34.6 Å². The predicted molar refractivity (Wildman–Crippen MR) is 98.4 cm³/mol. The fraction of sp³-hybridized carbons (Fsp3) is 0.350. The van der Waals surface area contributed by atoms with Crippen LogP contribution in [0, 0.1) is 0 Å². The summed E-state index contributed by atoms with van der Waals surface area (Å²) in [5.74, 6) is -1.000. The van der Waals surface area contributed by atoms with E-state index in [1.54, 1.807) is 43.3 Å². The second-order valence-electron chi connectivity index (χ2n) is 6.41. The molecular weight excluding hydrogens is 332 g/mol. The van der Waals surface area contributed by atoms with Crippen LogP contribution in [0.25, 0.3) is 0 Å². The van der Waals surface area contributed by atoms with Gasteiger partial charge in [-0.3, -0.25) is 9.59 Å². The van der Waals surface area contributed by atoms with Crippen LogP contribution in [0.15, 0.2) is 48.7 Å². The van der Waals surface area contributed by atoms with Gasteiger partial charge in [0.05, 0.1) is 6.10 Å². The molecule has 1 heterocycles. The van der Waals surface area contributed by atoms with E-state index in [9.17, 15) is 14.7 Å². The van der Waals surface area contributed by atoms with Crippen molar-refractivity contribution in [2.75, 3.05) is 6.54 Å². The number of aliphatic carboxylic acids is 1. The highest BCUT2D eigenvalue weighted by atomic mass is 16.5. The number of ether oxygens (including phenoxy) is 1. The number of carbonyl (C=O) groups is 2. The topological polar surface area (TPSA) is 88.5 Å². The Hall–Kier alpha value is -2.89. The van der Waals surface area contributed by atoms with Crippen molar-refractivity contribution >= 4 is 11.9 Å². The second kappa shape index (κ2) is 8.47. The molecule has 0 radical (unpaired) electrons. The lowest BCUT2D eigenvalue weighted by atomic mass is 9.82. The Morgan fingerprint density at radius 2 is 1.96 bits per heavy atom. The number of amides is 1. The summed E-state index contributed by atoms with van der Waals surface area (Å²) in [5, 5.41) is 12.4. The molecule has 0 spiro atoms. The third kappa shape index (κ3) is 4.59. The van der Waals surface area contributed by atoms with Crippen molar-refractivity contribution in [2.24, 2.45) is 0 Å². The molecule has 2 rings (SSSR count). The Labute approximate surface area is 153 Å². The summed E-state index contributed by atoms with van der Waals surface area (Å²) < 4.78 is 5.62. The van der Waals surface area contributed by atoms with Gasteiger partial charge in [0, 0.05) is 24.4 Å². The summed E-state index contributed by atoms with van der Waals surface area (Å²) >= 11 is 0. The Morgan fingerprint density at radius 3 is 2.58 bits per heavy atom. The Bertz CT molecular complexity index is 763. The number of benzene rings is 1. The average Bonchev–Trinajstić information content (AvgIpc) is 2.66. The van der Waals surface area contributed by atoms with Gasteiger partial charge in [0.2, 0.25) is 5.88 Å². The van der Waals surface area contributed by atoms with Crippen LogP contribution in [0.4, 0.5) is 0 Å². The van der Waals surface area contributed by atoms with Gasteiger partial charge in [0.1, 0.15) is 5.41 Å². The van der Waals surface area contributed by atoms with Gasteiger partial charge in [-0.2, -0.15) is 0 Å². The van der Waals surface area contributed by atoms with Crippen LogP contribution in [0.3, 0.4) is 0 Å². The average molecular weight is 356 g/mol. The minimum absolute atomic E-state index is 0.00538. The van der Waals surface area contributed by atoms with Crippen LogP contribution in [-0.2, 0) is 10.2 Å². The smallest absolute Gasteiger partial charge is 0.315 e. The van der Waals surface area contributed by atoms with Gasteiger partial charge in [-0.05, 0) is 31.9 Å². The molecule has 6 nitrogen and oxygen atoms in total. The largest absolute Gasteiger partial charge is 0.481 e. The van der Waals surface area contributed by atoms with Gasteiger partial charge >= 0.3 is 5.97 Å². The molecule has 0 bridgehead atoms. The van der Waals surface area contributed by atoms with Crippen molar-refractivity contribution in [2.45, 2.75) is 38.7 Å². The zero-order valence-corrected chi connectivity index (χ0v) is 15.2. The quantitative estimate of drug-likeness (QED) is 0.759. The summed E-state index contributed by atoms with van der Waals surface area (Å²) in [4.78, 5) is 28.4. The molecule has 0 aliphatic carbocycles. The molecule has 0 aliphatic rings. The zero-order chi connectivity index (χ0) is 19.2. The van der Waals surface area contributed by atoms with Gasteiger partial charge in [-0.25, -0.2) is 4.98 Å². The molecule has 0 saturated heterocycles. The summed E-state index contributed by atoms with van der Waals surface area (Å²) in [6.45, 7) is 5.48. The number of hydrogen-bond acceptors (Lipinski definition) is 4. The van der Waals surface area contributed by atoms with Gasteiger partial charge < -0.3 is 15.2 Å². The predicted octanol–water partition coefficient (Wildman–Crippen LogP) is 3.03. The Morgan fingerprint density at radius 1 is 1.27 bits per heavy atom. The van der Waals surface area contributed by atoms with Crippen LogP contribution in [0.1, 0.15) is 43.1 Å². The number of carbonyl (C=O) groups excluding carboxylic acids is 1. The number of hydrogen-bond donors (Lipinski definition) is 2. The van der Waals surface area contributed by atoms with Gasteiger partial charge in [0.25, 0.3) is 5.91 Å². The highest BCUT2D eigenvalue weighted by Crippen LogP contribution is 2.23. The number of carboxylic acids is 1. The van der Waals surface area contributed by atoms with E-state index < -0.39 is 11.4 Å². The fourth-order valence-electron chi connectivity index (χ4n) is 2.37. The van der Waals surface area contributed by atoms with E-state index in [4.69, 9.17) is 4.74 Å². The maximum atomic E-state index is 12.5. The van der Waals surface area contributed by atoms with Gasteiger partial charge in [-0.15, -0.1) is 0 Å². The van der Waals surface area contributed by atoms with Crippen molar-refractivity contribution in [3.63, 3.8) is 0 Å². The van der Waals surface area contributed by atoms with Crippen molar-refractivity contribution in [3.05, 3.63) is 59.8 Å². The number of nitrogens with one attached hydrogen (secondary N) is 1. The first-order chi connectivity index (χ1) is 12.4. The molecule has 6 heteroatoms. The summed E-state index contributed by atoms with van der Waals surface area (Å²) in [6.07, 6.45) is 2.32. The second-order valence-corrected chi connectivity index (χ2v) is 6.41. The zero-order valence-electron chi connectivity index (χ0n) is 15.2. The van der Waals surface area contributed by atoms with E-state index in [-0.39, 0.29) is 18.6 Å². The molecule has 2 unspecified atom stereocenters. The first-order valence-corrected chi connectivity index (χ1v) is 8.56. The van der Waals surface area contributed by atoms with E-state index >= 15 is 0 Å². The first-order valence-electron chi connectivity index (χ1n) is 8.56. The highest BCUT2D eigenvalue weighted by Gasteiger charge is 2.35. The Kier molecular flexibility index (Phi) is 6.33. The van der Waals surface area contributed by atoms with E-state index in [2.05, 4.69) is 10.3 Å². The molecule has 0 saturated carbocycles. The molecule has 1 amide bonds. The minimum atomic E-state index is -1.22. The highest BCUT2D eigenvalue weighted by molar-refractivity contribution is 5.95. The molecule has 138 valence electrons. The number of pyridine rings is 1. The summed E-state index contributed by atoms with van der Waals surface area (Å²) in [6, 6.07) is 12.0. The van der Waals surface area contributed by atoms with E-state index in [1.807, 2.05) is 19.9 Å². The maximum Gasteiger partial charge on any atom is 0.315 e. The Balaban J connectivity index is 2.12. The molecule has 1 aromatic heterocycles. The fourth-order valence-corrected chi connectivity index (χ4v) is 2.37. The van der Waals surface area contributed by atoms with E-state index in [0.29, 0.717) is 17.0 Å². The number of rotatable bonds is 8. The maximum absolute atomic E-state index is 12.5. The molecule has 2 N–H and O–H groups in total. The van der Waals surface area contributed by atoms with Crippen LogP contribution < -0.4 is 10.1 Å². The van der Waals surface area contributed by atoms with E-state index in [1.165, 1.54) is 6.20 Å². The van der Waals surface area contributed by atoms with Crippen molar-refractivity contribution in [1.29, 1.82) is 0 Å². The number of nitrogens with zero attached hydrogens (tertiary/aromatic N) is 1. The minimum Gasteiger partial charge on any atom is -0.481 e. The molecule has 2 atom stereocenters. The summed E-state index contributed by atoms with van der Waals surface area (Å²) in [7, 11) is 0. The number of aromatic nitrogens is 1. The summed E-state index contributed by atoms with van der Waals surface area (Å²) in [5.41, 5.74) is -0.220. The van der Waals surface area contributed by atoms with E-state index in [0.717, 1.165) is 6.42 Å². The SMILES string of the molecule is CCC(C)Oc1cc(C(=O)NCC(C)(C(=O)O)c2ccccc2)ccn1. The van der Waals surface area contributed by atoms with Crippen LogP contribution >= 0.6 is 0 Å². The normalized spacial score (nSPS) is 14.1. The lowest BCUT2D eigenvalue weighted by molar-refractivity contribution is -0.142. The van der Waals surface area contributed by atoms with Crippen LogP contribution in [0.5, 0.6) is 5.88 Å². The molecule has 0 fully saturated rings. The van der Waals surface area contributed by atoms with Crippen molar-refractivity contribution < 1.29 is 19.4 Å². The van der Waals surface area contributed by atoms with Gasteiger partial charge in [-0.1, -0.05) is 37.3 Å². The van der Waals surface area contributed by atoms with Gasteiger partial charge in [0.15, 0.2) is 0 Å². The van der Waals surface area contributed by atoms with Crippen molar-refractivity contribution in [1.82, 2.24) is 10.3 Å². The standard InChI is InChI=1S/C20H24N2O4/c1-4-14(2)26-17-12-15(10-11-21-17)18(23)22-13-20(3,19(24)25)16-8-6-5-7-9-16/h5-12,14H,4,13H2,1-3H3,(H,22,23)(H,24,25).